The first kappa shape index (κ1) is 16.5. The van der Waals surface area contributed by atoms with Crippen molar-refractivity contribution in [1.82, 2.24) is 9.88 Å². The molecule has 3 aromatic rings. The molecule has 25 heavy (non-hydrogen) atoms. The van der Waals surface area contributed by atoms with Crippen LogP contribution in [0.15, 0.2) is 48.7 Å². The number of benzene rings is 2. The number of ether oxygens (including phenoxy) is 1. The summed E-state index contributed by atoms with van der Waals surface area (Å²) in [4.78, 5) is 5.99. The molecule has 0 amide bonds. The minimum Gasteiger partial charge on any atom is -0.497 e. The van der Waals surface area contributed by atoms with Crippen molar-refractivity contribution in [3.8, 4) is 5.75 Å². The molecule has 4 rings (SSSR count). The van der Waals surface area contributed by atoms with Gasteiger partial charge in [-0.1, -0.05) is 23.7 Å². The molecule has 1 fully saturated rings. The van der Waals surface area contributed by atoms with E-state index in [1.165, 1.54) is 41.4 Å². The Kier molecular flexibility index (Phi) is 4.69. The van der Waals surface area contributed by atoms with Gasteiger partial charge in [-0.25, -0.2) is 0 Å². The van der Waals surface area contributed by atoms with Gasteiger partial charge in [0.2, 0.25) is 0 Å². The lowest BCUT2D eigenvalue weighted by atomic mass is 10.0. The minimum absolute atomic E-state index is 0.584. The Morgan fingerprint density at radius 3 is 2.84 bits per heavy atom. The van der Waals surface area contributed by atoms with E-state index in [0.29, 0.717) is 6.04 Å². The molecule has 0 unspecified atom stereocenters. The Hall–Kier alpha value is -1.97. The molecule has 1 atom stereocenters. The summed E-state index contributed by atoms with van der Waals surface area (Å²) in [5.41, 5.74) is 3.89. The van der Waals surface area contributed by atoms with Crippen LogP contribution in [0.5, 0.6) is 5.75 Å². The second-order valence-electron chi connectivity index (χ2n) is 6.82. The van der Waals surface area contributed by atoms with E-state index in [1.54, 1.807) is 7.11 Å². The van der Waals surface area contributed by atoms with Crippen LogP contribution in [0.2, 0.25) is 5.02 Å². The fourth-order valence-corrected chi connectivity index (χ4v) is 3.99. The highest BCUT2D eigenvalue weighted by Gasteiger charge is 2.25. The summed E-state index contributed by atoms with van der Waals surface area (Å²) in [6.07, 6.45) is 5.75. The van der Waals surface area contributed by atoms with Gasteiger partial charge in [0.1, 0.15) is 5.75 Å². The second kappa shape index (κ2) is 7.11. The molecule has 1 aliphatic heterocycles. The lowest BCUT2D eigenvalue weighted by molar-refractivity contribution is 0.244. The Morgan fingerprint density at radius 1 is 1.20 bits per heavy atom. The van der Waals surface area contributed by atoms with Crippen LogP contribution in [-0.2, 0) is 13.0 Å². The number of aromatic nitrogens is 1. The quantitative estimate of drug-likeness (QED) is 0.695. The molecular weight excluding hydrogens is 332 g/mol. The summed E-state index contributed by atoms with van der Waals surface area (Å²) < 4.78 is 5.39. The molecule has 1 N–H and O–H groups in total. The van der Waals surface area contributed by atoms with E-state index in [0.717, 1.165) is 23.7 Å². The van der Waals surface area contributed by atoms with E-state index in [2.05, 4.69) is 40.3 Å². The molecule has 0 bridgehead atoms. The molecule has 0 radical (unpaired) electrons. The molecule has 130 valence electrons. The number of likely N-dealkylation sites (tertiary alicyclic amines) is 1. The van der Waals surface area contributed by atoms with Crippen molar-refractivity contribution < 1.29 is 4.74 Å². The number of nitrogens with zero attached hydrogens (tertiary/aromatic N) is 1. The molecule has 2 aromatic carbocycles. The number of methoxy groups -OCH3 is 1. The maximum Gasteiger partial charge on any atom is 0.119 e. The van der Waals surface area contributed by atoms with Gasteiger partial charge in [0.05, 0.1) is 7.11 Å². The number of hydrogen-bond donors (Lipinski definition) is 1. The van der Waals surface area contributed by atoms with E-state index < -0.39 is 0 Å². The van der Waals surface area contributed by atoms with Crippen LogP contribution in [0, 0.1) is 0 Å². The number of nitrogens with one attached hydrogen (secondary N) is 1. The Bertz CT molecular complexity index is 856. The number of H-pyrrole nitrogens is 1. The molecule has 4 heteroatoms. The van der Waals surface area contributed by atoms with Gasteiger partial charge in [-0.2, -0.15) is 0 Å². The molecule has 1 aliphatic rings. The molecule has 0 saturated carbocycles. The molecule has 3 nitrogen and oxygen atoms in total. The largest absolute Gasteiger partial charge is 0.497 e. The Morgan fingerprint density at radius 2 is 2.04 bits per heavy atom. The predicted octanol–water partition coefficient (Wildman–Crippen LogP) is 5.04. The van der Waals surface area contributed by atoms with Crippen LogP contribution in [0.25, 0.3) is 10.9 Å². The van der Waals surface area contributed by atoms with Gasteiger partial charge in [-0.3, -0.25) is 4.90 Å². The van der Waals surface area contributed by atoms with Crippen molar-refractivity contribution in [2.45, 2.75) is 31.8 Å². The van der Waals surface area contributed by atoms with Crippen LogP contribution >= 0.6 is 11.6 Å². The van der Waals surface area contributed by atoms with Crippen molar-refractivity contribution in [3.05, 3.63) is 64.8 Å². The zero-order chi connectivity index (χ0) is 17.2. The van der Waals surface area contributed by atoms with Crippen molar-refractivity contribution >= 4 is 22.5 Å². The third-order valence-corrected chi connectivity index (χ3v) is 5.48. The van der Waals surface area contributed by atoms with Gasteiger partial charge in [0, 0.05) is 34.7 Å². The van der Waals surface area contributed by atoms with Crippen LogP contribution < -0.4 is 4.74 Å². The molecule has 2 heterocycles. The first-order chi connectivity index (χ1) is 12.2. The van der Waals surface area contributed by atoms with Gasteiger partial charge in [-0.05, 0) is 67.3 Å². The van der Waals surface area contributed by atoms with E-state index in [9.17, 15) is 0 Å². The van der Waals surface area contributed by atoms with Crippen LogP contribution in [0.1, 0.15) is 24.0 Å². The molecule has 0 aliphatic carbocycles. The van der Waals surface area contributed by atoms with Crippen molar-refractivity contribution in [2.24, 2.45) is 0 Å². The number of aromatic amines is 1. The fraction of sp³-hybridized carbons (Fsp3) is 0.333. The van der Waals surface area contributed by atoms with Gasteiger partial charge in [0.15, 0.2) is 0 Å². The third kappa shape index (κ3) is 3.53. The predicted molar refractivity (Wildman–Crippen MR) is 103 cm³/mol. The van der Waals surface area contributed by atoms with Crippen molar-refractivity contribution in [3.63, 3.8) is 0 Å². The number of hydrogen-bond acceptors (Lipinski definition) is 2. The lowest BCUT2D eigenvalue weighted by Crippen LogP contribution is -2.30. The number of fused-ring (bicyclic) bond motifs is 1. The average molecular weight is 355 g/mol. The van der Waals surface area contributed by atoms with Gasteiger partial charge in [-0.15, -0.1) is 0 Å². The van der Waals surface area contributed by atoms with Crippen LogP contribution in [-0.4, -0.2) is 29.6 Å². The Labute approximate surface area is 153 Å². The fourth-order valence-electron chi connectivity index (χ4n) is 3.87. The van der Waals surface area contributed by atoms with E-state index >= 15 is 0 Å². The monoisotopic (exact) mass is 354 g/mol. The highest BCUT2D eigenvalue weighted by atomic mass is 35.5. The summed E-state index contributed by atoms with van der Waals surface area (Å²) in [7, 11) is 1.72. The molecule has 1 saturated heterocycles. The molecule has 1 aromatic heterocycles. The zero-order valence-corrected chi connectivity index (χ0v) is 15.2. The summed E-state index contributed by atoms with van der Waals surface area (Å²) in [5.74, 6) is 0.915. The summed E-state index contributed by atoms with van der Waals surface area (Å²) >= 11 is 6.00. The maximum atomic E-state index is 6.00. The maximum absolute atomic E-state index is 6.00. The van der Waals surface area contributed by atoms with Gasteiger partial charge >= 0.3 is 0 Å². The summed E-state index contributed by atoms with van der Waals surface area (Å²) in [6, 6.07) is 15.0. The number of rotatable bonds is 5. The molecular formula is C21H23ClN2O. The minimum atomic E-state index is 0.584. The summed E-state index contributed by atoms with van der Waals surface area (Å²) in [6.45, 7) is 2.16. The van der Waals surface area contributed by atoms with E-state index in [-0.39, 0.29) is 0 Å². The van der Waals surface area contributed by atoms with E-state index in [1.807, 2.05) is 18.2 Å². The zero-order valence-electron chi connectivity index (χ0n) is 14.5. The van der Waals surface area contributed by atoms with Crippen molar-refractivity contribution in [2.75, 3.05) is 13.7 Å². The second-order valence-corrected chi connectivity index (χ2v) is 7.26. The Balaban J connectivity index is 1.52. The topological polar surface area (TPSA) is 28.3 Å². The average Bonchev–Trinajstić information content (AvgIpc) is 3.24. The third-order valence-electron chi connectivity index (χ3n) is 5.23. The van der Waals surface area contributed by atoms with Gasteiger partial charge < -0.3 is 9.72 Å². The van der Waals surface area contributed by atoms with Crippen LogP contribution in [0.4, 0.5) is 0 Å². The van der Waals surface area contributed by atoms with E-state index in [4.69, 9.17) is 16.3 Å². The first-order valence-electron chi connectivity index (χ1n) is 8.85. The summed E-state index contributed by atoms with van der Waals surface area (Å²) in [5, 5.41) is 2.08. The smallest absolute Gasteiger partial charge is 0.119 e. The molecule has 0 spiro atoms. The lowest BCUT2D eigenvalue weighted by Gasteiger charge is -2.24. The number of halogens is 1. The SMILES string of the molecule is COc1ccc2[nH]cc(C[C@H]3CCCN3Cc3ccc(Cl)cc3)c2c1. The highest BCUT2D eigenvalue weighted by Crippen LogP contribution is 2.29. The highest BCUT2D eigenvalue weighted by molar-refractivity contribution is 6.30. The first-order valence-corrected chi connectivity index (χ1v) is 9.23. The van der Waals surface area contributed by atoms with Gasteiger partial charge in [0.25, 0.3) is 0 Å². The van der Waals surface area contributed by atoms with Crippen LogP contribution in [0.3, 0.4) is 0 Å². The van der Waals surface area contributed by atoms with Crippen molar-refractivity contribution in [1.29, 1.82) is 0 Å². The standard InChI is InChI=1S/C21H23ClN2O/c1-25-19-8-9-21-20(12-19)16(13-23-21)11-18-3-2-10-24(18)14-15-4-6-17(22)7-5-15/h4-9,12-13,18,23H,2-3,10-11,14H2,1H3/t18-/m1/s1. The normalized spacial score (nSPS) is 18.1.